The molecule has 0 saturated carbocycles. The van der Waals surface area contributed by atoms with Gasteiger partial charge < -0.3 is 0 Å². The number of rotatable bonds is 4. The van der Waals surface area contributed by atoms with Gasteiger partial charge >= 0.3 is 0 Å². The number of pyridine rings is 4. The van der Waals surface area contributed by atoms with Gasteiger partial charge in [-0.1, -0.05) is 24.3 Å². The number of aromatic nitrogens is 4. The molecule has 1 aliphatic rings. The summed E-state index contributed by atoms with van der Waals surface area (Å²) in [6, 6.07) is 24.3. The minimum atomic E-state index is -0.0948. The van der Waals surface area contributed by atoms with Crippen LogP contribution < -0.4 is 10.6 Å². The quantitative estimate of drug-likeness (QED) is 0.458. The maximum absolute atomic E-state index is 4.89. The summed E-state index contributed by atoms with van der Waals surface area (Å²) in [4.78, 5) is 19.5. The van der Waals surface area contributed by atoms with Gasteiger partial charge in [-0.15, -0.1) is 0 Å². The Hall–Kier alpha value is -3.48. The summed E-state index contributed by atoms with van der Waals surface area (Å²) in [6.07, 6.45) is 0. The Morgan fingerprint density at radius 1 is 0.412 bits per heavy atom. The van der Waals surface area contributed by atoms with Crippen molar-refractivity contribution < 1.29 is 0 Å². The molecule has 0 aromatic carbocycles. The highest BCUT2D eigenvalue weighted by atomic mass is 15.2. The third-order valence-corrected chi connectivity index (χ3v) is 6.30. The summed E-state index contributed by atoms with van der Waals surface area (Å²) in [5, 5.41) is 7.82. The first-order valence-corrected chi connectivity index (χ1v) is 11.7. The van der Waals surface area contributed by atoms with Crippen LogP contribution in [0.4, 0.5) is 0 Å². The highest BCUT2D eigenvalue weighted by Crippen LogP contribution is 2.41. The van der Waals surface area contributed by atoms with E-state index in [9.17, 15) is 0 Å². The summed E-state index contributed by atoms with van der Waals surface area (Å²) >= 11 is 0. The average Bonchev–Trinajstić information content (AvgIpc) is 2.83. The van der Waals surface area contributed by atoms with Crippen LogP contribution in [0.3, 0.4) is 0 Å². The molecule has 0 amide bonds. The zero-order valence-corrected chi connectivity index (χ0v) is 20.0. The van der Waals surface area contributed by atoms with Crippen LogP contribution in [0.5, 0.6) is 0 Å². The molecule has 0 unspecified atom stereocenters. The first-order chi connectivity index (χ1) is 16.5. The first-order valence-electron chi connectivity index (χ1n) is 11.7. The smallest absolute Gasteiger partial charge is 0.0714 e. The lowest BCUT2D eigenvalue weighted by Gasteiger charge is -2.43. The van der Waals surface area contributed by atoms with Gasteiger partial charge in [-0.2, -0.15) is 0 Å². The Labute approximate surface area is 200 Å². The molecule has 0 radical (unpaired) electrons. The van der Waals surface area contributed by atoms with E-state index in [0.29, 0.717) is 0 Å². The molecule has 0 spiro atoms. The SMILES string of the molecule is Cc1cccc([C@H]2N[C@@H](c3cccc(C)n3)[C@H](c3cccc(C)n3)N[C@@H]2c2cccc(C)n2)n1. The van der Waals surface area contributed by atoms with Crippen molar-refractivity contribution >= 4 is 0 Å². The normalized spacial score (nSPS) is 22.5. The molecule has 0 aliphatic carbocycles. The second-order valence-corrected chi connectivity index (χ2v) is 9.06. The van der Waals surface area contributed by atoms with Crippen LogP contribution in [0.25, 0.3) is 0 Å². The number of hydrogen-bond acceptors (Lipinski definition) is 6. The van der Waals surface area contributed by atoms with E-state index < -0.39 is 0 Å². The molecule has 6 nitrogen and oxygen atoms in total. The van der Waals surface area contributed by atoms with Gasteiger partial charge in [0.2, 0.25) is 0 Å². The Morgan fingerprint density at radius 3 is 0.853 bits per heavy atom. The molecule has 172 valence electrons. The highest BCUT2D eigenvalue weighted by Gasteiger charge is 2.41. The molecular formula is C28H30N6. The number of hydrogen-bond donors (Lipinski definition) is 2. The van der Waals surface area contributed by atoms with Crippen LogP contribution in [0.15, 0.2) is 72.8 Å². The number of piperazine rings is 1. The zero-order valence-electron chi connectivity index (χ0n) is 20.0. The van der Waals surface area contributed by atoms with Crippen molar-refractivity contribution in [2.45, 2.75) is 51.9 Å². The fourth-order valence-electron chi connectivity index (χ4n) is 4.75. The fourth-order valence-corrected chi connectivity index (χ4v) is 4.75. The van der Waals surface area contributed by atoms with Crippen molar-refractivity contribution in [1.82, 2.24) is 30.6 Å². The van der Waals surface area contributed by atoms with Gasteiger partial charge in [-0.3, -0.25) is 30.6 Å². The fraction of sp³-hybridized carbons (Fsp3) is 0.286. The van der Waals surface area contributed by atoms with Crippen LogP contribution >= 0.6 is 0 Å². The van der Waals surface area contributed by atoms with Crippen molar-refractivity contribution in [2.24, 2.45) is 0 Å². The molecule has 4 atom stereocenters. The van der Waals surface area contributed by atoms with Crippen molar-refractivity contribution in [1.29, 1.82) is 0 Å². The molecular weight excluding hydrogens is 420 g/mol. The van der Waals surface area contributed by atoms with Gasteiger partial charge in [0, 0.05) is 22.8 Å². The van der Waals surface area contributed by atoms with Crippen LogP contribution in [0.1, 0.15) is 69.7 Å². The topological polar surface area (TPSA) is 75.6 Å². The molecule has 2 N–H and O–H groups in total. The summed E-state index contributed by atoms with van der Waals surface area (Å²) < 4.78 is 0. The molecule has 5 rings (SSSR count). The Balaban J connectivity index is 1.65. The van der Waals surface area contributed by atoms with E-state index in [1.54, 1.807) is 0 Å². The van der Waals surface area contributed by atoms with Gasteiger partial charge in [0.25, 0.3) is 0 Å². The summed E-state index contributed by atoms with van der Waals surface area (Å²) in [7, 11) is 0. The van der Waals surface area contributed by atoms with Crippen LogP contribution in [0.2, 0.25) is 0 Å². The predicted molar refractivity (Wildman–Crippen MR) is 133 cm³/mol. The third kappa shape index (κ3) is 4.60. The highest BCUT2D eigenvalue weighted by molar-refractivity contribution is 5.29. The summed E-state index contributed by atoms with van der Waals surface area (Å²) in [6.45, 7) is 8.11. The molecule has 1 aliphatic heterocycles. The second kappa shape index (κ2) is 9.41. The van der Waals surface area contributed by atoms with E-state index in [4.69, 9.17) is 19.9 Å². The summed E-state index contributed by atoms with van der Waals surface area (Å²) in [5.41, 5.74) is 7.88. The van der Waals surface area contributed by atoms with E-state index in [1.807, 2.05) is 52.0 Å². The Kier molecular flexibility index (Phi) is 6.18. The van der Waals surface area contributed by atoms with Gasteiger partial charge in [0.05, 0.1) is 46.9 Å². The van der Waals surface area contributed by atoms with Gasteiger partial charge in [0.1, 0.15) is 0 Å². The first kappa shape index (κ1) is 22.3. The number of nitrogens with zero attached hydrogens (tertiary/aromatic N) is 4. The molecule has 1 fully saturated rings. The van der Waals surface area contributed by atoms with Gasteiger partial charge in [-0.25, -0.2) is 0 Å². The molecule has 4 aromatic rings. The number of nitrogens with one attached hydrogen (secondary N) is 2. The molecule has 1 saturated heterocycles. The maximum Gasteiger partial charge on any atom is 0.0714 e. The summed E-state index contributed by atoms with van der Waals surface area (Å²) in [5.74, 6) is 0. The second-order valence-electron chi connectivity index (χ2n) is 9.06. The van der Waals surface area contributed by atoms with E-state index in [1.165, 1.54) is 0 Å². The largest absolute Gasteiger partial charge is 0.297 e. The van der Waals surface area contributed by atoms with E-state index in [0.717, 1.165) is 45.6 Å². The van der Waals surface area contributed by atoms with Crippen LogP contribution in [-0.4, -0.2) is 19.9 Å². The Bertz CT molecular complexity index is 1100. The van der Waals surface area contributed by atoms with E-state index in [2.05, 4.69) is 59.2 Å². The van der Waals surface area contributed by atoms with Crippen molar-refractivity contribution in [3.05, 3.63) is 118 Å². The standard InChI is InChI=1S/C28H30N6/c1-17-9-5-13-21(29-17)25-26(22-14-6-10-18(2)30-22)34-28(24-16-8-12-20(4)32-24)27(33-25)23-15-7-11-19(3)31-23/h5-16,25-28,33-34H,1-4H3/t25-,26-,27+,28+. The van der Waals surface area contributed by atoms with Crippen molar-refractivity contribution in [3.8, 4) is 0 Å². The minimum absolute atomic E-state index is 0.0948. The molecule has 6 heteroatoms. The van der Waals surface area contributed by atoms with Crippen LogP contribution in [-0.2, 0) is 0 Å². The van der Waals surface area contributed by atoms with Crippen LogP contribution in [0, 0.1) is 27.7 Å². The lowest BCUT2D eigenvalue weighted by molar-refractivity contribution is 0.200. The molecule has 0 bridgehead atoms. The lowest BCUT2D eigenvalue weighted by Crippen LogP contribution is -2.50. The monoisotopic (exact) mass is 450 g/mol. The average molecular weight is 451 g/mol. The van der Waals surface area contributed by atoms with Gasteiger partial charge in [0.15, 0.2) is 0 Å². The van der Waals surface area contributed by atoms with E-state index in [-0.39, 0.29) is 24.2 Å². The van der Waals surface area contributed by atoms with E-state index >= 15 is 0 Å². The third-order valence-electron chi connectivity index (χ3n) is 6.30. The zero-order chi connectivity index (χ0) is 23.7. The van der Waals surface area contributed by atoms with Crippen molar-refractivity contribution in [2.75, 3.05) is 0 Å². The predicted octanol–water partition coefficient (Wildman–Crippen LogP) is 4.96. The van der Waals surface area contributed by atoms with Crippen molar-refractivity contribution in [3.63, 3.8) is 0 Å². The minimum Gasteiger partial charge on any atom is -0.297 e. The maximum atomic E-state index is 4.89. The molecule has 4 aromatic heterocycles. The lowest BCUT2D eigenvalue weighted by atomic mass is 9.88. The van der Waals surface area contributed by atoms with Gasteiger partial charge in [-0.05, 0) is 76.2 Å². The molecule has 34 heavy (non-hydrogen) atoms. The number of aryl methyl sites for hydroxylation is 4. The molecule has 5 heterocycles. The Morgan fingerprint density at radius 2 is 0.647 bits per heavy atom.